The van der Waals surface area contributed by atoms with Crippen LogP contribution in [0.25, 0.3) is 0 Å². The molecule has 1 heterocycles. The predicted molar refractivity (Wildman–Crippen MR) is 103 cm³/mol. The Labute approximate surface area is 156 Å². The van der Waals surface area contributed by atoms with Crippen LogP contribution >= 0.6 is 0 Å². The van der Waals surface area contributed by atoms with E-state index in [2.05, 4.69) is 23.6 Å². The number of hydrogen-bond acceptors (Lipinski definition) is 3. The summed E-state index contributed by atoms with van der Waals surface area (Å²) in [5.41, 5.74) is 1.44. The molecule has 5 heteroatoms. The SMILES string of the molecule is CCNC(=NCc1ccccc1OC)NC1C2CCOC2C12CCCC2. The zero-order valence-electron chi connectivity index (χ0n) is 16.0. The lowest BCUT2D eigenvalue weighted by atomic mass is 9.54. The topological polar surface area (TPSA) is 54.9 Å². The summed E-state index contributed by atoms with van der Waals surface area (Å²) in [5, 5.41) is 7.22. The minimum absolute atomic E-state index is 0.335. The predicted octanol–water partition coefficient (Wildman–Crippen LogP) is 3.10. The Morgan fingerprint density at radius 1 is 1.31 bits per heavy atom. The second-order valence-corrected chi connectivity index (χ2v) is 7.81. The first-order chi connectivity index (χ1) is 12.8. The first-order valence-electron chi connectivity index (χ1n) is 10.1. The van der Waals surface area contributed by atoms with E-state index in [1.54, 1.807) is 7.11 Å². The average Bonchev–Trinajstić information content (AvgIpc) is 3.33. The molecule has 1 saturated heterocycles. The van der Waals surface area contributed by atoms with Gasteiger partial charge in [0.25, 0.3) is 0 Å². The molecule has 2 aliphatic carbocycles. The Kier molecular flexibility index (Phi) is 5.07. The van der Waals surface area contributed by atoms with Crippen molar-refractivity contribution in [3.63, 3.8) is 0 Å². The second kappa shape index (κ2) is 7.47. The molecule has 3 aliphatic rings. The lowest BCUT2D eigenvalue weighted by Crippen LogP contribution is -2.69. The summed E-state index contributed by atoms with van der Waals surface area (Å²) in [4.78, 5) is 4.86. The molecule has 3 unspecified atom stereocenters. The summed E-state index contributed by atoms with van der Waals surface area (Å²) in [6.45, 7) is 4.52. The fourth-order valence-corrected chi connectivity index (χ4v) is 5.37. The molecule has 0 aromatic heterocycles. The van der Waals surface area contributed by atoms with Crippen molar-refractivity contribution in [1.29, 1.82) is 0 Å². The highest BCUT2D eigenvalue weighted by molar-refractivity contribution is 5.80. The van der Waals surface area contributed by atoms with Gasteiger partial charge < -0.3 is 20.1 Å². The molecular formula is C21H31N3O2. The van der Waals surface area contributed by atoms with E-state index < -0.39 is 0 Å². The van der Waals surface area contributed by atoms with Gasteiger partial charge in [-0.3, -0.25) is 0 Å². The van der Waals surface area contributed by atoms with Crippen molar-refractivity contribution < 1.29 is 9.47 Å². The zero-order valence-corrected chi connectivity index (χ0v) is 16.0. The number of fused-ring (bicyclic) bond motifs is 2. The summed E-state index contributed by atoms with van der Waals surface area (Å²) in [7, 11) is 1.71. The van der Waals surface area contributed by atoms with Crippen LogP contribution < -0.4 is 15.4 Å². The van der Waals surface area contributed by atoms with Gasteiger partial charge in [-0.25, -0.2) is 4.99 Å². The minimum atomic E-state index is 0.335. The largest absolute Gasteiger partial charge is 0.496 e. The number of para-hydroxylation sites is 1. The number of rotatable bonds is 5. The Balaban J connectivity index is 1.49. The van der Waals surface area contributed by atoms with Crippen LogP contribution in [0.5, 0.6) is 5.75 Å². The standard InChI is InChI=1S/C21H31N3O2/c1-3-22-20(23-14-15-8-4-5-9-17(15)25-2)24-18-16-10-13-26-19(16)21(18)11-6-7-12-21/h4-5,8-9,16,18-19H,3,6-7,10-14H2,1-2H3,(H2,22,23,24). The highest BCUT2D eigenvalue weighted by Crippen LogP contribution is 2.60. The average molecular weight is 357 g/mol. The number of ether oxygens (including phenoxy) is 2. The van der Waals surface area contributed by atoms with Gasteiger partial charge in [-0.1, -0.05) is 31.0 Å². The van der Waals surface area contributed by atoms with Crippen LogP contribution in [0, 0.1) is 11.3 Å². The van der Waals surface area contributed by atoms with E-state index in [0.29, 0.717) is 30.0 Å². The summed E-state index contributed by atoms with van der Waals surface area (Å²) in [6, 6.07) is 8.59. The van der Waals surface area contributed by atoms with Crippen LogP contribution in [-0.4, -0.2) is 38.4 Å². The second-order valence-electron chi connectivity index (χ2n) is 7.81. The lowest BCUT2D eigenvalue weighted by Gasteiger charge is -2.57. The van der Waals surface area contributed by atoms with E-state index in [4.69, 9.17) is 14.5 Å². The molecule has 3 fully saturated rings. The third-order valence-electron chi connectivity index (χ3n) is 6.52. The molecule has 1 aromatic carbocycles. The summed E-state index contributed by atoms with van der Waals surface area (Å²) in [6.07, 6.45) is 6.89. The smallest absolute Gasteiger partial charge is 0.191 e. The van der Waals surface area contributed by atoms with Crippen molar-refractivity contribution in [1.82, 2.24) is 10.6 Å². The third-order valence-corrected chi connectivity index (χ3v) is 6.52. The van der Waals surface area contributed by atoms with E-state index in [-0.39, 0.29) is 0 Å². The van der Waals surface area contributed by atoms with Crippen molar-refractivity contribution in [3.8, 4) is 5.75 Å². The van der Waals surface area contributed by atoms with E-state index in [1.807, 2.05) is 18.2 Å². The van der Waals surface area contributed by atoms with Crippen LogP contribution in [0.15, 0.2) is 29.3 Å². The van der Waals surface area contributed by atoms with Gasteiger partial charge in [-0.2, -0.15) is 0 Å². The van der Waals surface area contributed by atoms with Gasteiger partial charge in [0.2, 0.25) is 0 Å². The Morgan fingerprint density at radius 3 is 2.88 bits per heavy atom. The molecule has 26 heavy (non-hydrogen) atoms. The van der Waals surface area contributed by atoms with E-state index in [9.17, 15) is 0 Å². The Hall–Kier alpha value is -1.75. The molecule has 0 bridgehead atoms. The molecule has 142 valence electrons. The van der Waals surface area contributed by atoms with Gasteiger partial charge in [0, 0.05) is 36.1 Å². The Morgan fingerprint density at radius 2 is 2.12 bits per heavy atom. The lowest BCUT2D eigenvalue weighted by molar-refractivity contribution is -0.125. The maximum absolute atomic E-state index is 6.10. The van der Waals surface area contributed by atoms with Crippen molar-refractivity contribution in [2.75, 3.05) is 20.3 Å². The highest BCUT2D eigenvalue weighted by atomic mass is 16.5. The van der Waals surface area contributed by atoms with Gasteiger partial charge in [-0.05, 0) is 32.3 Å². The molecule has 0 amide bonds. The molecule has 0 radical (unpaired) electrons. The number of guanidine groups is 1. The van der Waals surface area contributed by atoms with Crippen LogP contribution in [-0.2, 0) is 11.3 Å². The number of nitrogens with one attached hydrogen (secondary N) is 2. The minimum Gasteiger partial charge on any atom is -0.496 e. The highest BCUT2D eigenvalue weighted by Gasteiger charge is 2.65. The van der Waals surface area contributed by atoms with E-state index >= 15 is 0 Å². The van der Waals surface area contributed by atoms with Gasteiger partial charge in [0.1, 0.15) is 5.75 Å². The molecule has 3 atom stereocenters. The quantitative estimate of drug-likeness (QED) is 0.628. The van der Waals surface area contributed by atoms with Crippen LogP contribution in [0.4, 0.5) is 0 Å². The number of nitrogens with zero attached hydrogens (tertiary/aromatic N) is 1. The van der Waals surface area contributed by atoms with E-state index in [1.165, 1.54) is 32.1 Å². The number of methoxy groups -OCH3 is 1. The molecular weight excluding hydrogens is 326 g/mol. The maximum atomic E-state index is 6.10. The molecule has 1 aromatic rings. The molecule has 4 rings (SSSR count). The molecule has 1 aliphatic heterocycles. The number of benzene rings is 1. The Bertz CT molecular complexity index is 654. The first kappa shape index (κ1) is 17.7. The first-order valence-corrected chi connectivity index (χ1v) is 10.1. The summed E-state index contributed by atoms with van der Waals surface area (Å²) < 4.78 is 11.6. The van der Waals surface area contributed by atoms with Gasteiger partial charge >= 0.3 is 0 Å². The van der Waals surface area contributed by atoms with Crippen molar-refractivity contribution in [2.45, 2.75) is 57.7 Å². The molecule has 1 spiro atoms. The number of hydrogen-bond donors (Lipinski definition) is 2. The molecule has 5 nitrogen and oxygen atoms in total. The monoisotopic (exact) mass is 357 g/mol. The van der Waals surface area contributed by atoms with Crippen LogP contribution in [0.1, 0.15) is 44.6 Å². The van der Waals surface area contributed by atoms with Crippen LogP contribution in [0.2, 0.25) is 0 Å². The van der Waals surface area contributed by atoms with Gasteiger partial charge in [0.15, 0.2) is 5.96 Å². The maximum Gasteiger partial charge on any atom is 0.191 e. The normalized spacial score (nSPS) is 29.3. The summed E-state index contributed by atoms with van der Waals surface area (Å²) in [5.74, 6) is 2.45. The molecule has 2 N–H and O–H groups in total. The molecule has 2 saturated carbocycles. The number of aliphatic imine (C=N–C) groups is 1. The van der Waals surface area contributed by atoms with Gasteiger partial charge in [-0.15, -0.1) is 0 Å². The van der Waals surface area contributed by atoms with E-state index in [0.717, 1.165) is 30.4 Å². The summed E-state index contributed by atoms with van der Waals surface area (Å²) >= 11 is 0. The third kappa shape index (κ3) is 2.96. The zero-order chi connectivity index (χ0) is 18.0. The fraction of sp³-hybridized carbons (Fsp3) is 0.667. The van der Waals surface area contributed by atoms with Crippen molar-refractivity contribution in [2.24, 2.45) is 16.3 Å². The fourth-order valence-electron chi connectivity index (χ4n) is 5.37. The van der Waals surface area contributed by atoms with Gasteiger partial charge in [0.05, 0.1) is 19.8 Å². The van der Waals surface area contributed by atoms with Crippen LogP contribution in [0.3, 0.4) is 0 Å². The van der Waals surface area contributed by atoms with Crippen molar-refractivity contribution in [3.05, 3.63) is 29.8 Å². The van der Waals surface area contributed by atoms with Crippen molar-refractivity contribution >= 4 is 5.96 Å².